The number of amidine groups is 1. The molecule has 1 aromatic carbocycles. The summed E-state index contributed by atoms with van der Waals surface area (Å²) in [6.07, 6.45) is -0.418. The first-order valence-electron chi connectivity index (χ1n) is 5.56. The molecule has 0 bridgehead atoms. The molecule has 0 aliphatic heterocycles. The van der Waals surface area contributed by atoms with Gasteiger partial charge in [0.15, 0.2) is 0 Å². The third kappa shape index (κ3) is 4.42. The lowest BCUT2D eigenvalue weighted by Gasteiger charge is -2.17. The second kappa shape index (κ2) is 6.88. The number of hydrogen-bond donors (Lipinski definition) is 4. The minimum atomic E-state index is -0.418. The molecular weight excluding hydrogens is 218 g/mol. The summed E-state index contributed by atoms with van der Waals surface area (Å²) < 4.78 is 0. The van der Waals surface area contributed by atoms with Gasteiger partial charge in [-0.15, -0.1) is 0 Å². The highest BCUT2D eigenvalue weighted by atomic mass is 16.4. The van der Waals surface area contributed by atoms with E-state index in [0.717, 1.165) is 5.56 Å². The number of hydrogen-bond acceptors (Lipinski definition) is 4. The van der Waals surface area contributed by atoms with Crippen LogP contribution in [0.2, 0.25) is 0 Å². The van der Waals surface area contributed by atoms with Crippen LogP contribution in [-0.4, -0.2) is 35.3 Å². The second-order valence-electron chi connectivity index (χ2n) is 4.00. The molecule has 5 heteroatoms. The summed E-state index contributed by atoms with van der Waals surface area (Å²) in [4.78, 5) is 0. The van der Waals surface area contributed by atoms with Crippen LogP contribution in [0.25, 0.3) is 0 Å². The molecule has 0 amide bonds. The lowest BCUT2D eigenvalue weighted by molar-refractivity contribution is 0.191. The molecule has 0 fully saturated rings. The number of nitrogens with zero attached hydrogens (tertiary/aromatic N) is 1. The summed E-state index contributed by atoms with van der Waals surface area (Å²) in [7, 11) is 0. The van der Waals surface area contributed by atoms with Crippen LogP contribution in [0.5, 0.6) is 0 Å². The van der Waals surface area contributed by atoms with Crippen molar-refractivity contribution in [3.63, 3.8) is 0 Å². The predicted molar refractivity (Wildman–Crippen MR) is 67.1 cm³/mol. The molecule has 0 aliphatic carbocycles. The molecule has 2 atom stereocenters. The Morgan fingerprint density at radius 1 is 1.35 bits per heavy atom. The molecule has 0 aliphatic rings. The third-order valence-corrected chi connectivity index (χ3v) is 2.46. The first-order chi connectivity index (χ1) is 8.15. The summed E-state index contributed by atoms with van der Waals surface area (Å²) in [6.45, 7) is 2.70. The van der Waals surface area contributed by atoms with Gasteiger partial charge < -0.3 is 21.4 Å². The van der Waals surface area contributed by atoms with Gasteiger partial charge >= 0.3 is 0 Å². The van der Waals surface area contributed by atoms with Crippen LogP contribution in [-0.2, 0) is 0 Å². The molecule has 5 nitrogen and oxygen atoms in total. The van der Waals surface area contributed by atoms with Crippen LogP contribution >= 0.6 is 0 Å². The highest BCUT2D eigenvalue weighted by molar-refractivity contribution is 5.87. The summed E-state index contributed by atoms with van der Waals surface area (Å²) in [5.74, 6) is -0.0331. The first kappa shape index (κ1) is 13.5. The third-order valence-electron chi connectivity index (χ3n) is 2.46. The number of nitrogens with one attached hydrogen (secondary N) is 1. The molecule has 5 N–H and O–H groups in total. The average molecular weight is 237 g/mol. The van der Waals surface area contributed by atoms with Gasteiger partial charge in [-0.1, -0.05) is 35.5 Å². The Morgan fingerprint density at radius 3 is 2.53 bits per heavy atom. The molecule has 0 saturated heterocycles. The van der Waals surface area contributed by atoms with Gasteiger partial charge in [-0.05, 0) is 12.5 Å². The Balaban J connectivity index is 2.69. The minimum Gasteiger partial charge on any atom is -0.409 e. The number of oxime groups is 1. The Labute approximate surface area is 101 Å². The zero-order valence-corrected chi connectivity index (χ0v) is 9.87. The molecule has 1 rings (SSSR count). The fourth-order valence-electron chi connectivity index (χ4n) is 1.58. The van der Waals surface area contributed by atoms with Gasteiger partial charge in [0.2, 0.25) is 0 Å². The van der Waals surface area contributed by atoms with Gasteiger partial charge in [0.1, 0.15) is 5.84 Å². The maximum absolute atomic E-state index is 9.16. The van der Waals surface area contributed by atoms with Gasteiger partial charge in [-0.3, -0.25) is 0 Å². The molecule has 94 valence electrons. The lowest BCUT2D eigenvalue weighted by atomic mass is 9.98. The molecular formula is C12H19N3O2. The molecule has 0 radical (unpaired) electrons. The van der Waals surface area contributed by atoms with E-state index in [9.17, 15) is 0 Å². The van der Waals surface area contributed by atoms with Gasteiger partial charge in [-0.2, -0.15) is 0 Å². The molecule has 0 aromatic heterocycles. The van der Waals surface area contributed by atoms with Crippen molar-refractivity contribution in [3.05, 3.63) is 35.9 Å². The number of benzene rings is 1. The van der Waals surface area contributed by atoms with Crippen LogP contribution in [0.4, 0.5) is 0 Å². The Bertz CT molecular complexity index is 352. The van der Waals surface area contributed by atoms with Gasteiger partial charge in [-0.25, -0.2) is 0 Å². The number of aliphatic hydroxyl groups excluding tert-OH is 1. The minimum absolute atomic E-state index is 0.161. The molecule has 17 heavy (non-hydrogen) atoms. The highest BCUT2D eigenvalue weighted by Crippen LogP contribution is 2.14. The number of nitrogens with two attached hydrogens (primary N) is 1. The van der Waals surface area contributed by atoms with Crippen molar-refractivity contribution >= 4 is 5.84 Å². The zero-order chi connectivity index (χ0) is 12.7. The zero-order valence-electron chi connectivity index (χ0n) is 9.87. The van der Waals surface area contributed by atoms with Gasteiger partial charge in [0, 0.05) is 13.1 Å². The van der Waals surface area contributed by atoms with Crippen LogP contribution in [0.1, 0.15) is 18.4 Å². The molecule has 0 heterocycles. The van der Waals surface area contributed by atoms with Crippen molar-refractivity contribution in [3.8, 4) is 0 Å². The second-order valence-corrected chi connectivity index (χ2v) is 4.00. The summed E-state index contributed by atoms with van der Waals surface area (Å²) in [5, 5.41) is 24.1. The topological polar surface area (TPSA) is 90.9 Å². The molecule has 0 saturated carbocycles. The van der Waals surface area contributed by atoms with Crippen molar-refractivity contribution < 1.29 is 10.3 Å². The fourth-order valence-corrected chi connectivity index (χ4v) is 1.58. The maximum Gasteiger partial charge on any atom is 0.147 e. The van der Waals surface area contributed by atoms with Crippen LogP contribution in [0.15, 0.2) is 35.5 Å². The van der Waals surface area contributed by atoms with E-state index in [4.69, 9.17) is 16.0 Å². The largest absolute Gasteiger partial charge is 0.409 e. The summed E-state index contributed by atoms with van der Waals surface area (Å²) >= 11 is 0. The number of rotatable bonds is 6. The summed E-state index contributed by atoms with van der Waals surface area (Å²) in [5.41, 5.74) is 6.64. The van der Waals surface area contributed by atoms with E-state index in [-0.39, 0.29) is 11.8 Å². The van der Waals surface area contributed by atoms with E-state index in [1.165, 1.54) is 0 Å². The molecule has 2 unspecified atom stereocenters. The average Bonchev–Trinajstić information content (AvgIpc) is 2.34. The quantitative estimate of drug-likeness (QED) is 0.251. The van der Waals surface area contributed by atoms with E-state index in [1.807, 2.05) is 30.3 Å². The number of aliphatic hydroxyl groups is 1. The van der Waals surface area contributed by atoms with Crippen LogP contribution in [0.3, 0.4) is 0 Å². The standard InChI is InChI=1S/C12H19N3O2/c1-9(16)7-14-8-11(12(13)15-17)10-5-3-2-4-6-10/h2-6,9,11,14,16-17H,7-8H2,1H3,(H2,13,15). The fraction of sp³-hybridized carbons (Fsp3) is 0.417. The Hall–Kier alpha value is -1.59. The Kier molecular flexibility index (Phi) is 5.45. The van der Waals surface area contributed by atoms with Crippen molar-refractivity contribution in [2.75, 3.05) is 13.1 Å². The monoisotopic (exact) mass is 237 g/mol. The molecule has 1 aromatic rings. The van der Waals surface area contributed by atoms with Crippen LogP contribution < -0.4 is 11.1 Å². The van der Waals surface area contributed by atoms with Gasteiger partial charge in [0.25, 0.3) is 0 Å². The van der Waals surface area contributed by atoms with E-state index in [0.29, 0.717) is 13.1 Å². The SMILES string of the molecule is CC(O)CNCC(C(N)=NO)c1ccccc1. The Morgan fingerprint density at radius 2 is 2.00 bits per heavy atom. The van der Waals surface area contributed by atoms with Crippen molar-refractivity contribution in [2.45, 2.75) is 18.9 Å². The van der Waals surface area contributed by atoms with E-state index in [2.05, 4.69) is 10.5 Å². The van der Waals surface area contributed by atoms with Crippen molar-refractivity contribution in [1.82, 2.24) is 5.32 Å². The maximum atomic E-state index is 9.16. The van der Waals surface area contributed by atoms with Crippen LogP contribution in [0, 0.1) is 0 Å². The molecule has 0 spiro atoms. The predicted octanol–water partition coefficient (Wildman–Crippen LogP) is 0.487. The van der Waals surface area contributed by atoms with E-state index < -0.39 is 6.10 Å². The lowest BCUT2D eigenvalue weighted by Crippen LogP contribution is -2.34. The smallest absolute Gasteiger partial charge is 0.147 e. The van der Waals surface area contributed by atoms with Crippen molar-refractivity contribution in [1.29, 1.82) is 0 Å². The normalized spacial score (nSPS) is 15.5. The van der Waals surface area contributed by atoms with Crippen molar-refractivity contribution in [2.24, 2.45) is 10.9 Å². The highest BCUT2D eigenvalue weighted by Gasteiger charge is 2.16. The first-order valence-corrected chi connectivity index (χ1v) is 5.56. The van der Waals surface area contributed by atoms with Gasteiger partial charge in [0.05, 0.1) is 12.0 Å². The summed E-state index contributed by atoms with van der Waals surface area (Å²) in [6, 6.07) is 9.57. The van der Waals surface area contributed by atoms with E-state index >= 15 is 0 Å². The van der Waals surface area contributed by atoms with E-state index in [1.54, 1.807) is 6.92 Å².